The molecule has 0 saturated carbocycles. The van der Waals surface area contributed by atoms with E-state index in [0.29, 0.717) is 10.6 Å². The zero-order valence-corrected chi connectivity index (χ0v) is 20.0. The molecule has 1 heterocycles. The number of thiophene rings is 1. The summed E-state index contributed by atoms with van der Waals surface area (Å²) >= 11 is 1.35. The van der Waals surface area contributed by atoms with Crippen LogP contribution in [0.3, 0.4) is 0 Å². The molecule has 35 heavy (non-hydrogen) atoms. The Hall–Kier alpha value is -4.22. The summed E-state index contributed by atoms with van der Waals surface area (Å²) in [5.41, 5.74) is 6.21. The van der Waals surface area contributed by atoms with Crippen molar-refractivity contribution in [3.05, 3.63) is 130 Å². The highest BCUT2D eigenvalue weighted by Crippen LogP contribution is 2.35. The second-order valence-electron chi connectivity index (χ2n) is 7.76. The first-order valence-corrected chi connectivity index (χ1v) is 12.1. The minimum Gasteiger partial charge on any atom is -0.478 e. The molecule has 4 aromatic rings. The van der Waals surface area contributed by atoms with Crippen LogP contribution >= 0.6 is 11.3 Å². The van der Waals surface area contributed by atoms with Crippen LogP contribution in [-0.2, 0) is 4.79 Å². The number of aliphatic carboxylic acids is 1. The predicted molar refractivity (Wildman–Crippen MR) is 141 cm³/mol. The highest BCUT2D eigenvalue weighted by Gasteiger charge is 2.14. The van der Waals surface area contributed by atoms with Crippen molar-refractivity contribution < 1.29 is 19.4 Å². The zero-order chi connectivity index (χ0) is 24.6. The molecule has 0 aliphatic heterocycles. The molecular formula is C30H24O4S. The fourth-order valence-electron chi connectivity index (χ4n) is 3.85. The van der Waals surface area contributed by atoms with E-state index in [4.69, 9.17) is 9.84 Å². The molecule has 0 spiro atoms. The first-order valence-electron chi connectivity index (χ1n) is 11.2. The molecule has 0 aliphatic carbocycles. The number of carbonyl (C=O) groups is 2. The van der Waals surface area contributed by atoms with Crippen LogP contribution in [0.25, 0.3) is 17.2 Å². The summed E-state index contributed by atoms with van der Waals surface area (Å²) in [5.74, 6) is -0.864. The second kappa shape index (κ2) is 11.3. The summed E-state index contributed by atoms with van der Waals surface area (Å²) < 4.78 is 5.53. The molecule has 0 amide bonds. The van der Waals surface area contributed by atoms with E-state index in [1.165, 1.54) is 16.9 Å². The van der Waals surface area contributed by atoms with E-state index in [9.17, 15) is 9.59 Å². The number of carboxylic acids is 1. The Morgan fingerprint density at radius 2 is 1.49 bits per heavy atom. The first kappa shape index (κ1) is 23.9. The van der Waals surface area contributed by atoms with Crippen molar-refractivity contribution in [3.8, 4) is 5.75 Å². The molecule has 1 aromatic heterocycles. The Morgan fingerprint density at radius 1 is 0.829 bits per heavy atom. The standard InChI is InChI=1S/C30H24O4S/c1-2-26(22-7-4-3-5-8-22)29(23-13-10-21(11-14-23)12-19-28(31)32)24-15-17-25(18-16-24)34-30(33)27-9-6-20-35-27/h3-20H,2H2,1H3,(H,31,32). The number of hydrogen-bond donors (Lipinski definition) is 1. The molecule has 3 aromatic carbocycles. The van der Waals surface area contributed by atoms with E-state index in [2.05, 4.69) is 19.1 Å². The van der Waals surface area contributed by atoms with Crippen molar-refractivity contribution in [1.82, 2.24) is 0 Å². The van der Waals surface area contributed by atoms with E-state index >= 15 is 0 Å². The van der Waals surface area contributed by atoms with Crippen LogP contribution in [0.15, 0.2) is 102 Å². The van der Waals surface area contributed by atoms with Gasteiger partial charge in [-0.2, -0.15) is 0 Å². The van der Waals surface area contributed by atoms with Crippen LogP contribution in [0, 0.1) is 0 Å². The lowest BCUT2D eigenvalue weighted by molar-refractivity contribution is -0.131. The monoisotopic (exact) mass is 480 g/mol. The third-order valence-corrected chi connectivity index (χ3v) is 6.32. The minimum atomic E-state index is -0.980. The third-order valence-electron chi connectivity index (χ3n) is 5.47. The van der Waals surface area contributed by atoms with Gasteiger partial charge in [-0.25, -0.2) is 9.59 Å². The predicted octanol–water partition coefficient (Wildman–Crippen LogP) is 7.43. The van der Waals surface area contributed by atoms with Crippen molar-refractivity contribution >= 4 is 40.5 Å². The molecule has 5 heteroatoms. The molecule has 0 fully saturated rings. The van der Waals surface area contributed by atoms with Crippen molar-refractivity contribution in [3.63, 3.8) is 0 Å². The summed E-state index contributed by atoms with van der Waals surface area (Å²) in [6.45, 7) is 2.13. The van der Waals surface area contributed by atoms with Crippen molar-refractivity contribution in [2.75, 3.05) is 0 Å². The number of benzene rings is 3. The summed E-state index contributed by atoms with van der Waals surface area (Å²) in [7, 11) is 0. The number of esters is 1. The molecule has 0 bridgehead atoms. The van der Waals surface area contributed by atoms with Crippen LogP contribution in [0.5, 0.6) is 5.75 Å². The van der Waals surface area contributed by atoms with Crippen molar-refractivity contribution in [2.24, 2.45) is 0 Å². The third kappa shape index (κ3) is 6.02. The number of ether oxygens (including phenoxy) is 1. The van der Waals surface area contributed by atoms with Crippen LogP contribution in [0.2, 0.25) is 0 Å². The Balaban J connectivity index is 1.73. The fourth-order valence-corrected chi connectivity index (χ4v) is 4.45. The molecular weight excluding hydrogens is 456 g/mol. The highest BCUT2D eigenvalue weighted by molar-refractivity contribution is 7.12. The van der Waals surface area contributed by atoms with Crippen molar-refractivity contribution in [1.29, 1.82) is 0 Å². The average Bonchev–Trinajstić information content (AvgIpc) is 3.43. The van der Waals surface area contributed by atoms with Crippen molar-refractivity contribution in [2.45, 2.75) is 13.3 Å². The quantitative estimate of drug-likeness (QED) is 0.123. The van der Waals surface area contributed by atoms with Crippen LogP contribution in [0.4, 0.5) is 0 Å². The van der Waals surface area contributed by atoms with E-state index in [1.54, 1.807) is 12.1 Å². The van der Waals surface area contributed by atoms with Gasteiger partial charge in [0.1, 0.15) is 10.6 Å². The molecule has 1 N–H and O–H groups in total. The Morgan fingerprint density at radius 3 is 2.06 bits per heavy atom. The molecule has 0 radical (unpaired) electrons. The van der Waals surface area contributed by atoms with Gasteiger partial charge in [-0.3, -0.25) is 0 Å². The Labute approximate surface area is 208 Å². The minimum absolute atomic E-state index is 0.368. The Bertz CT molecular complexity index is 1350. The van der Waals surface area contributed by atoms with Gasteiger partial charge in [0.2, 0.25) is 0 Å². The number of hydrogen-bond acceptors (Lipinski definition) is 4. The largest absolute Gasteiger partial charge is 0.478 e. The summed E-state index contributed by atoms with van der Waals surface area (Å²) in [6.07, 6.45) is 3.52. The molecule has 0 unspecified atom stereocenters. The van der Waals surface area contributed by atoms with Crippen LogP contribution in [0.1, 0.15) is 45.3 Å². The van der Waals surface area contributed by atoms with Gasteiger partial charge >= 0.3 is 11.9 Å². The zero-order valence-electron chi connectivity index (χ0n) is 19.2. The maximum Gasteiger partial charge on any atom is 0.353 e. The SMILES string of the molecule is CCC(=C(c1ccc(C=CC(=O)O)cc1)c1ccc(OC(=O)c2cccs2)cc1)c1ccccc1. The van der Waals surface area contributed by atoms with Gasteiger partial charge in [0.05, 0.1) is 0 Å². The van der Waals surface area contributed by atoms with Gasteiger partial charge in [0, 0.05) is 6.08 Å². The smallest absolute Gasteiger partial charge is 0.353 e. The lowest BCUT2D eigenvalue weighted by Crippen LogP contribution is -2.06. The number of allylic oxidation sites excluding steroid dienone is 1. The number of carboxylic acid groups (broad SMARTS) is 1. The van der Waals surface area contributed by atoms with Gasteiger partial charge in [-0.15, -0.1) is 11.3 Å². The summed E-state index contributed by atoms with van der Waals surface area (Å²) in [5, 5.41) is 10.7. The van der Waals surface area contributed by atoms with E-state index in [1.807, 2.05) is 78.2 Å². The summed E-state index contributed by atoms with van der Waals surface area (Å²) in [6, 6.07) is 29.2. The maximum absolute atomic E-state index is 12.3. The first-order chi connectivity index (χ1) is 17.0. The molecule has 4 rings (SSSR count). The number of rotatable bonds is 8. The van der Waals surface area contributed by atoms with E-state index in [0.717, 1.165) is 40.3 Å². The van der Waals surface area contributed by atoms with Gasteiger partial charge < -0.3 is 9.84 Å². The lowest BCUT2D eigenvalue weighted by Gasteiger charge is -2.17. The second-order valence-corrected chi connectivity index (χ2v) is 8.71. The topological polar surface area (TPSA) is 63.6 Å². The highest BCUT2D eigenvalue weighted by atomic mass is 32.1. The number of carbonyl (C=O) groups excluding carboxylic acids is 1. The molecule has 0 saturated heterocycles. The normalized spacial score (nSPS) is 11.8. The molecule has 4 nitrogen and oxygen atoms in total. The maximum atomic E-state index is 12.3. The molecule has 0 aliphatic rings. The van der Waals surface area contributed by atoms with Crippen LogP contribution in [-0.4, -0.2) is 17.0 Å². The van der Waals surface area contributed by atoms with Gasteiger partial charge in [-0.1, -0.05) is 79.7 Å². The molecule has 174 valence electrons. The molecule has 0 atom stereocenters. The lowest BCUT2D eigenvalue weighted by atomic mass is 9.88. The van der Waals surface area contributed by atoms with Gasteiger partial charge in [-0.05, 0) is 69.5 Å². The van der Waals surface area contributed by atoms with E-state index < -0.39 is 5.97 Å². The average molecular weight is 481 g/mol. The Kier molecular flexibility index (Phi) is 7.70. The fraction of sp³-hybridized carbons (Fsp3) is 0.0667. The van der Waals surface area contributed by atoms with Crippen LogP contribution < -0.4 is 4.74 Å². The van der Waals surface area contributed by atoms with Gasteiger partial charge in [0.25, 0.3) is 0 Å². The van der Waals surface area contributed by atoms with Gasteiger partial charge in [0.15, 0.2) is 0 Å². The summed E-state index contributed by atoms with van der Waals surface area (Å²) in [4.78, 5) is 23.7. The van der Waals surface area contributed by atoms with E-state index in [-0.39, 0.29) is 5.97 Å².